The number of carbonyl (C=O) groups excluding carboxylic acids is 1. The number of benzene rings is 2. The average Bonchev–Trinajstić information content (AvgIpc) is 2.61. The molecule has 0 aliphatic carbocycles. The largest absolute Gasteiger partial charge is 0.416 e. The Bertz CT molecular complexity index is 854. The maximum atomic E-state index is 12.9. The number of rotatable bonds is 2. The molecule has 1 saturated heterocycles. The first kappa shape index (κ1) is 19.0. The molecule has 1 aliphatic rings. The van der Waals surface area contributed by atoms with E-state index in [1.165, 1.54) is 28.8 Å². The number of aliphatic imine (C=N–C) groups is 1. The third-order valence-electron chi connectivity index (χ3n) is 3.70. The van der Waals surface area contributed by atoms with Crippen LogP contribution in [0.15, 0.2) is 58.0 Å². The van der Waals surface area contributed by atoms with Gasteiger partial charge in [-0.3, -0.25) is 9.69 Å². The van der Waals surface area contributed by atoms with E-state index < -0.39 is 11.7 Å². The van der Waals surface area contributed by atoms with Crippen molar-refractivity contribution in [3.05, 3.63) is 64.1 Å². The number of hydrogen-bond acceptors (Lipinski definition) is 3. The van der Waals surface area contributed by atoms with Gasteiger partial charge < -0.3 is 0 Å². The molecule has 0 radical (unpaired) electrons. The highest BCUT2D eigenvalue weighted by atomic mass is 79.9. The lowest BCUT2D eigenvalue weighted by Gasteiger charge is -2.28. The highest BCUT2D eigenvalue weighted by Crippen LogP contribution is 2.32. The lowest BCUT2D eigenvalue weighted by Crippen LogP contribution is -2.39. The van der Waals surface area contributed by atoms with Gasteiger partial charge in [0.05, 0.1) is 11.3 Å². The summed E-state index contributed by atoms with van der Waals surface area (Å²) in [4.78, 5) is 18.6. The van der Waals surface area contributed by atoms with Gasteiger partial charge in [-0.05, 0) is 42.8 Å². The summed E-state index contributed by atoms with van der Waals surface area (Å²) in [5, 5.41) is 0.417. The zero-order valence-corrected chi connectivity index (χ0v) is 15.9. The second kappa shape index (κ2) is 7.84. The summed E-state index contributed by atoms with van der Waals surface area (Å²) in [7, 11) is 0. The van der Waals surface area contributed by atoms with E-state index in [4.69, 9.17) is 0 Å². The van der Waals surface area contributed by atoms with Crippen molar-refractivity contribution < 1.29 is 18.0 Å². The molecule has 1 aliphatic heterocycles. The van der Waals surface area contributed by atoms with Crippen molar-refractivity contribution >= 4 is 44.5 Å². The molecule has 0 N–H and O–H groups in total. The predicted molar refractivity (Wildman–Crippen MR) is 101 cm³/mol. The van der Waals surface area contributed by atoms with Crippen LogP contribution in [0.25, 0.3) is 0 Å². The van der Waals surface area contributed by atoms with Gasteiger partial charge in [0.25, 0.3) is 5.91 Å². The molecule has 3 rings (SSSR count). The third kappa shape index (κ3) is 4.48. The molecule has 0 aromatic heterocycles. The zero-order chi connectivity index (χ0) is 18.7. The lowest BCUT2D eigenvalue weighted by atomic mass is 10.2. The Kier molecular flexibility index (Phi) is 5.72. The fourth-order valence-electron chi connectivity index (χ4n) is 2.48. The normalized spacial score (nSPS) is 16.8. The molecule has 1 amide bonds. The molecule has 0 bridgehead atoms. The summed E-state index contributed by atoms with van der Waals surface area (Å²) in [6, 6.07) is 11.8. The van der Waals surface area contributed by atoms with Crippen LogP contribution in [0.2, 0.25) is 0 Å². The van der Waals surface area contributed by atoms with Crippen molar-refractivity contribution in [2.24, 2.45) is 4.99 Å². The van der Waals surface area contributed by atoms with Crippen LogP contribution in [0.4, 0.5) is 18.9 Å². The van der Waals surface area contributed by atoms with Crippen molar-refractivity contribution in [1.29, 1.82) is 0 Å². The fourth-order valence-corrected chi connectivity index (χ4v) is 3.84. The average molecular weight is 443 g/mol. The molecule has 1 heterocycles. The van der Waals surface area contributed by atoms with Crippen molar-refractivity contribution in [2.45, 2.75) is 12.6 Å². The van der Waals surface area contributed by atoms with E-state index in [2.05, 4.69) is 20.9 Å². The van der Waals surface area contributed by atoms with Crippen molar-refractivity contribution in [2.75, 3.05) is 12.3 Å². The fraction of sp³-hybridized carbons (Fsp3) is 0.222. The number of carbonyl (C=O) groups is 1. The van der Waals surface area contributed by atoms with Gasteiger partial charge in [0.15, 0.2) is 5.17 Å². The molecule has 0 saturated carbocycles. The number of thioether (sulfide) groups is 1. The number of hydrogen-bond donors (Lipinski definition) is 0. The SMILES string of the molecule is O=C(c1cccc(Br)c1)N1CCCSC1=Nc1cccc(C(F)(F)F)c1. The Morgan fingerprint density at radius 3 is 2.65 bits per heavy atom. The van der Waals surface area contributed by atoms with Gasteiger partial charge in [0, 0.05) is 22.3 Å². The Hall–Kier alpha value is -1.80. The molecule has 0 unspecified atom stereocenters. The molecule has 1 fully saturated rings. The van der Waals surface area contributed by atoms with Crippen LogP contribution < -0.4 is 0 Å². The Morgan fingerprint density at radius 1 is 1.15 bits per heavy atom. The van der Waals surface area contributed by atoms with Crippen LogP contribution in [-0.2, 0) is 6.18 Å². The van der Waals surface area contributed by atoms with E-state index in [0.29, 0.717) is 17.3 Å². The molecule has 3 nitrogen and oxygen atoms in total. The van der Waals surface area contributed by atoms with Crippen molar-refractivity contribution in [3.8, 4) is 0 Å². The smallest absolute Gasteiger partial charge is 0.287 e. The number of amides is 1. The molecule has 8 heteroatoms. The number of alkyl halides is 3. The van der Waals surface area contributed by atoms with Crippen LogP contribution in [0.5, 0.6) is 0 Å². The number of nitrogens with zero attached hydrogens (tertiary/aromatic N) is 2. The number of halogens is 4. The molecule has 2 aromatic rings. The topological polar surface area (TPSA) is 32.7 Å². The van der Waals surface area contributed by atoms with E-state index in [1.807, 2.05) is 6.07 Å². The summed E-state index contributed by atoms with van der Waals surface area (Å²) >= 11 is 4.71. The molecule has 136 valence electrons. The van der Waals surface area contributed by atoms with Crippen LogP contribution in [0.1, 0.15) is 22.3 Å². The number of amidine groups is 1. The first-order chi connectivity index (χ1) is 12.3. The van der Waals surface area contributed by atoms with E-state index in [1.54, 1.807) is 18.2 Å². The van der Waals surface area contributed by atoms with E-state index in [9.17, 15) is 18.0 Å². The van der Waals surface area contributed by atoms with Crippen molar-refractivity contribution in [1.82, 2.24) is 4.90 Å². The second-order valence-electron chi connectivity index (χ2n) is 5.61. The summed E-state index contributed by atoms with van der Waals surface area (Å²) < 4.78 is 39.4. The van der Waals surface area contributed by atoms with Crippen LogP contribution in [0.3, 0.4) is 0 Å². The van der Waals surface area contributed by atoms with Crippen LogP contribution in [0, 0.1) is 0 Å². The van der Waals surface area contributed by atoms with Crippen LogP contribution >= 0.6 is 27.7 Å². The van der Waals surface area contributed by atoms with Crippen LogP contribution in [-0.4, -0.2) is 28.3 Å². The lowest BCUT2D eigenvalue weighted by molar-refractivity contribution is -0.137. The van der Waals surface area contributed by atoms with Crippen molar-refractivity contribution in [3.63, 3.8) is 0 Å². The van der Waals surface area contributed by atoms with Gasteiger partial charge in [-0.2, -0.15) is 13.2 Å². The first-order valence-electron chi connectivity index (χ1n) is 7.81. The summed E-state index contributed by atoms with van der Waals surface area (Å²) in [5.74, 6) is 0.546. The third-order valence-corrected chi connectivity index (χ3v) is 5.26. The highest BCUT2D eigenvalue weighted by molar-refractivity contribution is 9.10. The first-order valence-corrected chi connectivity index (χ1v) is 9.58. The minimum Gasteiger partial charge on any atom is -0.287 e. The molecule has 2 aromatic carbocycles. The minimum absolute atomic E-state index is 0.177. The Labute approximate surface area is 161 Å². The summed E-state index contributed by atoms with van der Waals surface area (Å²) in [6.07, 6.45) is -3.63. The summed E-state index contributed by atoms with van der Waals surface area (Å²) in [5.41, 5.74) is -0.0834. The van der Waals surface area contributed by atoms with E-state index in [0.717, 1.165) is 28.8 Å². The van der Waals surface area contributed by atoms with Gasteiger partial charge >= 0.3 is 6.18 Å². The van der Waals surface area contributed by atoms with E-state index >= 15 is 0 Å². The summed E-state index contributed by atoms with van der Waals surface area (Å²) in [6.45, 7) is 0.482. The van der Waals surface area contributed by atoms with E-state index in [-0.39, 0.29) is 11.6 Å². The minimum atomic E-state index is -4.43. The standard InChI is InChI=1S/C18H14BrF3N2OS/c19-14-6-1-4-12(10-14)16(25)24-8-3-9-26-17(24)23-15-7-2-5-13(11-15)18(20,21)22/h1-2,4-7,10-11H,3,8-9H2. The molecule has 0 spiro atoms. The Balaban J connectivity index is 1.92. The van der Waals surface area contributed by atoms with Gasteiger partial charge in [0.2, 0.25) is 0 Å². The maximum absolute atomic E-state index is 12.9. The Morgan fingerprint density at radius 2 is 1.92 bits per heavy atom. The van der Waals surface area contributed by atoms with Gasteiger partial charge in [0.1, 0.15) is 0 Å². The quantitative estimate of drug-likeness (QED) is 0.594. The maximum Gasteiger partial charge on any atom is 0.416 e. The predicted octanol–water partition coefficient (Wildman–Crippen LogP) is 5.73. The monoisotopic (exact) mass is 442 g/mol. The molecule has 26 heavy (non-hydrogen) atoms. The van der Waals surface area contributed by atoms with Gasteiger partial charge in [-0.25, -0.2) is 4.99 Å². The zero-order valence-electron chi connectivity index (χ0n) is 13.5. The highest BCUT2D eigenvalue weighted by Gasteiger charge is 2.31. The molecular formula is C18H14BrF3N2OS. The molecular weight excluding hydrogens is 429 g/mol. The molecule has 0 atom stereocenters. The van der Waals surface area contributed by atoms with Gasteiger partial charge in [-0.1, -0.05) is 39.8 Å². The second-order valence-corrected chi connectivity index (χ2v) is 7.59. The van der Waals surface area contributed by atoms with Gasteiger partial charge in [-0.15, -0.1) is 0 Å².